The second-order valence-corrected chi connectivity index (χ2v) is 4.99. The SMILES string of the molecule is CC(C)(C)c1cc(N2CCC2)ccn1. The number of pyridine rings is 1. The van der Waals surface area contributed by atoms with Gasteiger partial charge in [0, 0.05) is 36.1 Å². The lowest BCUT2D eigenvalue weighted by atomic mass is 9.91. The van der Waals surface area contributed by atoms with Gasteiger partial charge < -0.3 is 4.90 Å². The Hall–Kier alpha value is -1.05. The van der Waals surface area contributed by atoms with E-state index in [1.165, 1.54) is 30.9 Å². The molecule has 1 saturated heterocycles. The molecule has 1 aliphatic heterocycles. The maximum atomic E-state index is 4.42. The highest BCUT2D eigenvalue weighted by molar-refractivity contribution is 5.49. The van der Waals surface area contributed by atoms with Crippen molar-refractivity contribution in [2.45, 2.75) is 32.6 Å². The Morgan fingerprint density at radius 3 is 2.50 bits per heavy atom. The first-order chi connectivity index (χ1) is 6.57. The van der Waals surface area contributed by atoms with Gasteiger partial charge in [0.05, 0.1) is 0 Å². The van der Waals surface area contributed by atoms with Crippen LogP contribution < -0.4 is 4.90 Å². The fraction of sp³-hybridized carbons (Fsp3) is 0.583. The van der Waals surface area contributed by atoms with E-state index in [0.717, 1.165) is 0 Å². The van der Waals surface area contributed by atoms with Crippen molar-refractivity contribution in [1.29, 1.82) is 0 Å². The minimum atomic E-state index is 0.154. The van der Waals surface area contributed by atoms with Gasteiger partial charge in [-0.15, -0.1) is 0 Å². The van der Waals surface area contributed by atoms with Crippen LogP contribution in [-0.2, 0) is 5.41 Å². The van der Waals surface area contributed by atoms with E-state index in [1.807, 2.05) is 6.20 Å². The van der Waals surface area contributed by atoms with Gasteiger partial charge in [0.25, 0.3) is 0 Å². The van der Waals surface area contributed by atoms with E-state index in [9.17, 15) is 0 Å². The van der Waals surface area contributed by atoms with Crippen LogP contribution >= 0.6 is 0 Å². The topological polar surface area (TPSA) is 16.1 Å². The second-order valence-electron chi connectivity index (χ2n) is 4.99. The van der Waals surface area contributed by atoms with Crippen LogP contribution in [0, 0.1) is 0 Å². The zero-order chi connectivity index (χ0) is 10.2. The molecular formula is C12H18N2. The fourth-order valence-corrected chi connectivity index (χ4v) is 1.60. The number of hydrogen-bond acceptors (Lipinski definition) is 2. The van der Waals surface area contributed by atoms with E-state index < -0.39 is 0 Å². The lowest BCUT2D eigenvalue weighted by Gasteiger charge is -2.34. The van der Waals surface area contributed by atoms with Gasteiger partial charge in [-0.05, 0) is 18.6 Å². The summed E-state index contributed by atoms with van der Waals surface area (Å²) < 4.78 is 0. The smallest absolute Gasteiger partial charge is 0.0477 e. The summed E-state index contributed by atoms with van der Waals surface area (Å²) in [5, 5.41) is 0. The summed E-state index contributed by atoms with van der Waals surface area (Å²) in [6, 6.07) is 4.33. The number of anilines is 1. The molecule has 0 aromatic carbocycles. The molecule has 2 heterocycles. The number of nitrogens with zero attached hydrogens (tertiary/aromatic N) is 2. The summed E-state index contributed by atoms with van der Waals surface area (Å²) in [5.74, 6) is 0. The van der Waals surface area contributed by atoms with Gasteiger partial charge in [-0.2, -0.15) is 0 Å². The second kappa shape index (κ2) is 3.26. The number of aromatic nitrogens is 1. The van der Waals surface area contributed by atoms with E-state index in [0.29, 0.717) is 0 Å². The van der Waals surface area contributed by atoms with Crippen molar-refractivity contribution >= 4 is 5.69 Å². The molecule has 0 saturated carbocycles. The van der Waals surface area contributed by atoms with Crippen molar-refractivity contribution in [1.82, 2.24) is 4.98 Å². The van der Waals surface area contributed by atoms with Crippen molar-refractivity contribution in [3.63, 3.8) is 0 Å². The summed E-state index contributed by atoms with van der Waals surface area (Å²) in [4.78, 5) is 6.82. The monoisotopic (exact) mass is 190 g/mol. The summed E-state index contributed by atoms with van der Waals surface area (Å²) in [5.41, 5.74) is 2.67. The predicted molar refractivity (Wildman–Crippen MR) is 59.8 cm³/mol. The van der Waals surface area contributed by atoms with Gasteiger partial charge in [0.1, 0.15) is 0 Å². The Kier molecular flexibility index (Phi) is 2.22. The lowest BCUT2D eigenvalue weighted by Crippen LogP contribution is -2.37. The molecule has 0 radical (unpaired) electrons. The number of hydrogen-bond donors (Lipinski definition) is 0. The van der Waals surface area contributed by atoms with Crippen molar-refractivity contribution in [2.75, 3.05) is 18.0 Å². The summed E-state index contributed by atoms with van der Waals surface area (Å²) in [7, 11) is 0. The Balaban J connectivity index is 2.26. The molecular weight excluding hydrogens is 172 g/mol. The summed E-state index contributed by atoms with van der Waals surface area (Å²) in [6.07, 6.45) is 3.25. The molecule has 2 rings (SSSR count). The Morgan fingerprint density at radius 1 is 1.29 bits per heavy atom. The molecule has 76 valence electrons. The van der Waals surface area contributed by atoms with E-state index in [4.69, 9.17) is 0 Å². The first-order valence-corrected chi connectivity index (χ1v) is 5.29. The highest BCUT2D eigenvalue weighted by Crippen LogP contribution is 2.26. The fourth-order valence-electron chi connectivity index (χ4n) is 1.60. The average molecular weight is 190 g/mol. The molecule has 0 atom stereocenters. The van der Waals surface area contributed by atoms with Crippen LogP contribution in [0.1, 0.15) is 32.9 Å². The average Bonchev–Trinajstić information content (AvgIpc) is 2.00. The molecule has 2 heteroatoms. The maximum absolute atomic E-state index is 4.42. The van der Waals surface area contributed by atoms with E-state index >= 15 is 0 Å². The molecule has 1 aromatic heterocycles. The quantitative estimate of drug-likeness (QED) is 0.676. The third kappa shape index (κ3) is 1.74. The van der Waals surface area contributed by atoms with Gasteiger partial charge in [-0.25, -0.2) is 0 Å². The Bertz CT molecular complexity index is 321. The molecule has 0 spiro atoms. The van der Waals surface area contributed by atoms with Crippen LogP contribution in [0.25, 0.3) is 0 Å². The van der Waals surface area contributed by atoms with Gasteiger partial charge in [-0.1, -0.05) is 20.8 Å². The van der Waals surface area contributed by atoms with Gasteiger partial charge in [0.2, 0.25) is 0 Å². The molecule has 1 aliphatic rings. The van der Waals surface area contributed by atoms with E-state index in [1.54, 1.807) is 0 Å². The highest BCUT2D eigenvalue weighted by atomic mass is 15.2. The Labute approximate surface area is 86.0 Å². The van der Waals surface area contributed by atoms with Crippen LogP contribution in [0.3, 0.4) is 0 Å². The van der Waals surface area contributed by atoms with Crippen LogP contribution in [0.15, 0.2) is 18.3 Å². The third-order valence-electron chi connectivity index (χ3n) is 2.73. The van der Waals surface area contributed by atoms with Gasteiger partial charge >= 0.3 is 0 Å². The standard InChI is InChI=1S/C12H18N2/c1-12(2,3)11-9-10(5-6-13-11)14-7-4-8-14/h5-6,9H,4,7-8H2,1-3H3. The van der Waals surface area contributed by atoms with Crippen molar-refractivity contribution in [3.8, 4) is 0 Å². The van der Waals surface area contributed by atoms with Crippen molar-refractivity contribution < 1.29 is 0 Å². The largest absolute Gasteiger partial charge is 0.371 e. The first-order valence-electron chi connectivity index (χ1n) is 5.29. The molecule has 0 amide bonds. The maximum Gasteiger partial charge on any atom is 0.0477 e. The van der Waals surface area contributed by atoms with Gasteiger partial charge in [0.15, 0.2) is 0 Å². The molecule has 0 unspecified atom stereocenters. The lowest BCUT2D eigenvalue weighted by molar-refractivity contribution is 0.565. The molecule has 0 bridgehead atoms. The molecule has 1 aromatic rings. The normalized spacial score (nSPS) is 16.6. The minimum absolute atomic E-state index is 0.154. The van der Waals surface area contributed by atoms with Crippen LogP contribution in [-0.4, -0.2) is 18.1 Å². The predicted octanol–water partition coefficient (Wildman–Crippen LogP) is 2.59. The molecule has 2 nitrogen and oxygen atoms in total. The van der Waals surface area contributed by atoms with E-state index in [2.05, 4.69) is 42.8 Å². The summed E-state index contributed by atoms with van der Waals surface area (Å²) in [6.45, 7) is 9.01. The van der Waals surface area contributed by atoms with Crippen LogP contribution in [0.4, 0.5) is 5.69 Å². The first kappa shape index (κ1) is 9.50. The highest BCUT2D eigenvalue weighted by Gasteiger charge is 2.19. The van der Waals surface area contributed by atoms with Crippen LogP contribution in [0.2, 0.25) is 0 Å². The number of rotatable bonds is 1. The minimum Gasteiger partial charge on any atom is -0.371 e. The van der Waals surface area contributed by atoms with Crippen LogP contribution in [0.5, 0.6) is 0 Å². The van der Waals surface area contributed by atoms with E-state index in [-0.39, 0.29) is 5.41 Å². The molecule has 0 N–H and O–H groups in total. The molecule has 14 heavy (non-hydrogen) atoms. The summed E-state index contributed by atoms with van der Waals surface area (Å²) >= 11 is 0. The third-order valence-corrected chi connectivity index (χ3v) is 2.73. The van der Waals surface area contributed by atoms with Crippen molar-refractivity contribution in [2.24, 2.45) is 0 Å². The zero-order valence-electron chi connectivity index (χ0n) is 9.25. The van der Waals surface area contributed by atoms with Crippen molar-refractivity contribution in [3.05, 3.63) is 24.0 Å². The molecule has 0 aliphatic carbocycles. The van der Waals surface area contributed by atoms with Gasteiger partial charge in [-0.3, -0.25) is 4.98 Å². The Morgan fingerprint density at radius 2 is 2.00 bits per heavy atom. The molecule has 1 fully saturated rings. The zero-order valence-corrected chi connectivity index (χ0v) is 9.25.